The number of urea groups is 1. The number of amides is 4. The Bertz CT molecular complexity index is 950. The zero-order valence-corrected chi connectivity index (χ0v) is 16.7. The normalized spacial score (nSPS) is 11.6. The lowest BCUT2D eigenvalue weighted by molar-refractivity contribution is -0.119. The van der Waals surface area contributed by atoms with Crippen LogP contribution in [-0.4, -0.2) is 40.0 Å². The van der Waals surface area contributed by atoms with Crippen LogP contribution in [0.1, 0.15) is 22.3 Å². The fourth-order valence-corrected chi connectivity index (χ4v) is 3.12. The van der Waals surface area contributed by atoms with Gasteiger partial charge in [0.25, 0.3) is 5.91 Å². The number of aromatic nitrogens is 1. The zero-order valence-electron chi connectivity index (χ0n) is 15.1. The largest absolute Gasteiger partial charge is 0.471 e. The number of carbonyl (C=O) groups excluding carboxylic acids is 3. The second kappa shape index (κ2) is 10.1. The van der Waals surface area contributed by atoms with E-state index in [9.17, 15) is 28.3 Å². The quantitative estimate of drug-likeness (QED) is 0.373. The third kappa shape index (κ3) is 6.23. The molecule has 1 aromatic heterocycles. The van der Waals surface area contributed by atoms with E-state index in [2.05, 4.69) is 15.0 Å². The maximum Gasteiger partial charge on any atom is 0.320 e. The van der Waals surface area contributed by atoms with Gasteiger partial charge in [-0.1, -0.05) is 11.6 Å². The molecule has 0 radical (unpaired) electrons. The Morgan fingerprint density at radius 2 is 1.90 bits per heavy atom. The number of carbonyl (C=O) groups is 3. The molecule has 1 unspecified atom stereocenters. The fraction of sp³-hybridized carbons (Fsp3) is 0.250. The number of aliphatic hydroxyl groups is 1. The first-order valence-corrected chi connectivity index (χ1v) is 9.30. The molecule has 30 heavy (non-hydrogen) atoms. The molecule has 0 bridgehead atoms. The first-order valence-electron chi connectivity index (χ1n) is 8.15. The van der Waals surface area contributed by atoms with Crippen molar-refractivity contribution in [3.05, 3.63) is 39.9 Å². The van der Waals surface area contributed by atoms with E-state index in [-0.39, 0.29) is 34.4 Å². The molecule has 0 saturated carbocycles. The van der Waals surface area contributed by atoms with Crippen LogP contribution in [0.5, 0.6) is 5.88 Å². The number of anilines is 1. The lowest BCUT2D eigenvalue weighted by Gasteiger charge is -2.11. The molecule has 0 aliphatic heterocycles. The zero-order chi connectivity index (χ0) is 22.4. The van der Waals surface area contributed by atoms with Crippen molar-refractivity contribution in [1.82, 2.24) is 9.69 Å². The second-order valence-electron chi connectivity index (χ2n) is 5.85. The number of ether oxygens (including phenoxy) is 1. The van der Waals surface area contributed by atoms with Gasteiger partial charge in [0.15, 0.2) is 0 Å². The van der Waals surface area contributed by atoms with Crippen molar-refractivity contribution in [1.29, 1.82) is 0 Å². The first kappa shape index (κ1) is 23.3. The summed E-state index contributed by atoms with van der Waals surface area (Å²) in [5, 5.41) is 13.8. The number of primary amides is 2. The summed E-state index contributed by atoms with van der Waals surface area (Å²) in [5.74, 6) is -4.02. The lowest BCUT2D eigenvalue weighted by atomic mass is 10.2. The van der Waals surface area contributed by atoms with Crippen LogP contribution >= 0.6 is 23.1 Å². The number of hydrogen-bond acceptors (Lipinski definition) is 7. The van der Waals surface area contributed by atoms with Gasteiger partial charge in [-0.2, -0.15) is 4.37 Å². The highest BCUT2D eigenvalue weighted by Crippen LogP contribution is 2.31. The number of nitrogens with two attached hydrogens (primary N) is 2. The third-order valence-corrected chi connectivity index (χ3v) is 4.49. The number of aliphatic hydroxyl groups excluding tert-OH is 1. The fourth-order valence-electron chi connectivity index (χ4n) is 2.19. The van der Waals surface area contributed by atoms with E-state index in [0.29, 0.717) is 11.5 Å². The topological polar surface area (TPSA) is 170 Å². The molecular formula is C16H16ClF2N5O5S. The van der Waals surface area contributed by atoms with E-state index < -0.39 is 47.8 Å². The van der Waals surface area contributed by atoms with E-state index in [1.165, 1.54) is 0 Å². The van der Waals surface area contributed by atoms with Crippen molar-refractivity contribution in [2.75, 3.05) is 11.9 Å². The monoisotopic (exact) mass is 463 g/mol. The minimum atomic E-state index is -1.20. The predicted molar refractivity (Wildman–Crippen MR) is 103 cm³/mol. The highest BCUT2D eigenvalue weighted by atomic mass is 35.5. The maximum absolute atomic E-state index is 13.9. The van der Waals surface area contributed by atoms with Crippen LogP contribution in [0.25, 0.3) is 0 Å². The van der Waals surface area contributed by atoms with E-state index in [4.69, 9.17) is 27.8 Å². The number of nitrogens with one attached hydrogen (secondary N) is 2. The van der Waals surface area contributed by atoms with Crippen LogP contribution in [0.4, 0.5) is 18.6 Å². The molecule has 4 amide bonds. The molecule has 0 fully saturated rings. The van der Waals surface area contributed by atoms with Crippen LogP contribution in [0.15, 0.2) is 12.1 Å². The Hall–Kier alpha value is -3.03. The Morgan fingerprint density at radius 3 is 2.47 bits per heavy atom. The van der Waals surface area contributed by atoms with Gasteiger partial charge in [0.2, 0.25) is 11.8 Å². The molecule has 1 atom stereocenters. The first-order chi connectivity index (χ1) is 14.1. The number of rotatable bonds is 9. The molecule has 0 spiro atoms. The molecule has 1 heterocycles. The van der Waals surface area contributed by atoms with Crippen molar-refractivity contribution in [2.24, 2.45) is 11.5 Å². The van der Waals surface area contributed by atoms with Crippen LogP contribution in [0.2, 0.25) is 5.02 Å². The number of hydrogen-bond donors (Lipinski definition) is 5. The maximum atomic E-state index is 13.9. The van der Waals surface area contributed by atoms with Crippen molar-refractivity contribution < 1.29 is 33.0 Å². The summed E-state index contributed by atoms with van der Waals surface area (Å²) in [6.45, 7) is -0.915. The van der Waals surface area contributed by atoms with Crippen LogP contribution in [0.3, 0.4) is 0 Å². The average Bonchev–Trinajstić information content (AvgIpc) is 3.01. The van der Waals surface area contributed by atoms with Gasteiger partial charge in [0.1, 0.15) is 28.8 Å². The summed E-state index contributed by atoms with van der Waals surface area (Å²) in [5.41, 5.74) is 9.44. The molecule has 0 saturated heterocycles. The molecule has 14 heteroatoms. The molecule has 162 valence electrons. The van der Waals surface area contributed by atoms with Gasteiger partial charge in [0.05, 0.1) is 18.1 Å². The summed E-state index contributed by atoms with van der Waals surface area (Å²) < 4.78 is 36.7. The Labute approximate surface area is 177 Å². The molecule has 2 aromatic rings. The minimum Gasteiger partial charge on any atom is -0.471 e. The Kier molecular flexibility index (Phi) is 7.86. The molecule has 0 aliphatic rings. The number of halogens is 3. The molecule has 10 nitrogen and oxygen atoms in total. The minimum absolute atomic E-state index is 0.101. The van der Waals surface area contributed by atoms with E-state index in [0.717, 1.165) is 12.1 Å². The van der Waals surface area contributed by atoms with Gasteiger partial charge >= 0.3 is 6.03 Å². The van der Waals surface area contributed by atoms with Gasteiger partial charge in [0, 0.05) is 11.6 Å². The van der Waals surface area contributed by atoms with Crippen LogP contribution in [0, 0.1) is 11.6 Å². The van der Waals surface area contributed by atoms with E-state index >= 15 is 0 Å². The van der Waals surface area contributed by atoms with Gasteiger partial charge in [-0.3, -0.25) is 14.9 Å². The summed E-state index contributed by atoms with van der Waals surface area (Å²) in [7, 11) is 0. The average molecular weight is 464 g/mol. The number of nitrogens with zero attached hydrogens (tertiary/aromatic N) is 1. The SMILES string of the molecule is NC(=O)CC(O)CNC(=O)Nc1snc(OCc2c(F)cc(Cl)cc2F)c1C(N)=O. The summed E-state index contributed by atoms with van der Waals surface area (Å²) in [6, 6.07) is 0.943. The van der Waals surface area contributed by atoms with E-state index in [1.807, 2.05) is 0 Å². The summed E-state index contributed by atoms with van der Waals surface area (Å²) in [4.78, 5) is 34.4. The summed E-state index contributed by atoms with van der Waals surface area (Å²) in [6.07, 6.45) is -1.56. The summed E-state index contributed by atoms with van der Waals surface area (Å²) >= 11 is 6.18. The van der Waals surface area contributed by atoms with Crippen LogP contribution < -0.4 is 26.8 Å². The molecule has 7 N–H and O–H groups in total. The highest BCUT2D eigenvalue weighted by molar-refractivity contribution is 7.11. The van der Waals surface area contributed by atoms with Gasteiger partial charge < -0.3 is 26.6 Å². The molecule has 1 aromatic carbocycles. The second-order valence-corrected chi connectivity index (χ2v) is 7.06. The molecule has 2 rings (SSSR count). The standard InChI is InChI=1S/C16H16ClF2N5O5S/c17-6-1-9(18)8(10(19)2-6)5-29-14-12(13(21)27)15(30-24-14)23-16(28)22-4-7(25)3-11(20)26/h1-2,7,25H,3-5H2,(H2,20,26)(H2,21,27)(H2,22,23,28). The van der Waals surface area contributed by atoms with Crippen LogP contribution in [-0.2, 0) is 11.4 Å². The van der Waals surface area contributed by atoms with Crippen molar-refractivity contribution in [3.8, 4) is 5.88 Å². The van der Waals surface area contributed by atoms with E-state index in [1.54, 1.807) is 0 Å². The Balaban J connectivity index is 2.07. The molecular weight excluding hydrogens is 448 g/mol. The predicted octanol–water partition coefficient (Wildman–Crippen LogP) is 1.11. The Morgan fingerprint density at radius 1 is 1.27 bits per heavy atom. The molecule has 0 aliphatic carbocycles. The third-order valence-electron chi connectivity index (χ3n) is 3.53. The van der Waals surface area contributed by atoms with Crippen molar-refractivity contribution in [2.45, 2.75) is 19.1 Å². The highest BCUT2D eigenvalue weighted by Gasteiger charge is 2.23. The smallest absolute Gasteiger partial charge is 0.320 e. The van der Waals surface area contributed by atoms with Gasteiger partial charge in [-0.25, -0.2) is 13.6 Å². The van der Waals surface area contributed by atoms with Gasteiger partial charge in [-0.05, 0) is 23.7 Å². The number of benzene rings is 1. The van der Waals surface area contributed by atoms with Crippen molar-refractivity contribution in [3.63, 3.8) is 0 Å². The van der Waals surface area contributed by atoms with Gasteiger partial charge in [-0.15, -0.1) is 0 Å². The lowest BCUT2D eigenvalue weighted by Crippen LogP contribution is -2.37. The van der Waals surface area contributed by atoms with Crippen molar-refractivity contribution >= 4 is 46.0 Å².